The summed E-state index contributed by atoms with van der Waals surface area (Å²) >= 11 is 0. The van der Waals surface area contributed by atoms with Crippen molar-refractivity contribution in [3.63, 3.8) is 0 Å². The van der Waals surface area contributed by atoms with Gasteiger partial charge in [-0.05, 0) is 26.3 Å². The summed E-state index contributed by atoms with van der Waals surface area (Å²) in [7, 11) is 4.12. The van der Waals surface area contributed by atoms with Gasteiger partial charge in [0.05, 0.1) is 0 Å². The summed E-state index contributed by atoms with van der Waals surface area (Å²) in [5, 5.41) is 3.37. The first kappa shape index (κ1) is 14.1. The first-order valence-corrected chi connectivity index (χ1v) is 7.20. The number of piperidine rings is 1. The molecule has 2 rings (SSSR count). The van der Waals surface area contributed by atoms with E-state index in [2.05, 4.69) is 45.1 Å². The van der Waals surface area contributed by atoms with Crippen molar-refractivity contribution < 1.29 is 0 Å². The van der Waals surface area contributed by atoms with Crippen LogP contribution in [0.3, 0.4) is 0 Å². The van der Waals surface area contributed by atoms with Crippen molar-refractivity contribution in [3.05, 3.63) is 12.4 Å². The summed E-state index contributed by atoms with van der Waals surface area (Å²) in [5.74, 6) is 2.06. The molecule has 0 bridgehead atoms. The quantitative estimate of drug-likeness (QED) is 0.872. The second-order valence-electron chi connectivity index (χ2n) is 5.23. The van der Waals surface area contributed by atoms with E-state index in [1.54, 1.807) is 6.33 Å². The molecular formula is C14H25N5. The Morgan fingerprint density at radius 1 is 1.47 bits per heavy atom. The predicted molar refractivity (Wildman–Crippen MR) is 79.9 cm³/mol. The lowest BCUT2D eigenvalue weighted by Gasteiger charge is -2.33. The minimum Gasteiger partial charge on any atom is -0.360 e. The molecule has 1 fully saturated rings. The zero-order chi connectivity index (χ0) is 13.7. The summed E-state index contributed by atoms with van der Waals surface area (Å²) in [6.45, 7) is 5.33. The molecule has 1 saturated heterocycles. The van der Waals surface area contributed by atoms with Crippen molar-refractivity contribution in [3.8, 4) is 0 Å². The number of nitrogens with one attached hydrogen (secondary N) is 1. The average Bonchev–Trinajstić information content (AvgIpc) is 2.48. The molecule has 19 heavy (non-hydrogen) atoms. The average molecular weight is 263 g/mol. The summed E-state index contributed by atoms with van der Waals surface area (Å²) in [4.78, 5) is 13.3. The number of likely N-dealkylation sites (N-methyl/N-ethyl adjacent to an activating group) is 1. The third-order valence-electron chi connectivity index (χ3n) is 3.74. The first-order chi connectivity index (χ1) is 9.24. The van der Waals surface area contributed by atoms with Crippen LogP contribution in [0.5, 0.6) is 0 Å². The molecule has 2 heterocycles. The molecule has 0 saturated carbocycles. The van der Waals surface area contributed by atoms with Crippen molar-refractivity contribution in [1.82, 2.24) is 15.3 Å². The molecule has 1 unspecified atom stereocenters. The van der Waals surface area contributed by atoms with Crippen molar-refractivity contribution in [1.29, 1.82) is 0 Å². The number of hydrogen-bond donors (Lipinski definition) is 1. The molecule has 0 spiro atoms. The number of rotatable bonds is 5. The van der Waals surface area contributed by atoms with Crippen LogP contribution in [0.4, 0.5) is 11.6 Å². The predicted octanol–water partition coefficient (Wildman–Crippen LogP) is 1.51. The van der Waals surface area contributed by atoms with Gasteiger partial charge in [0.25, 0.3) is 0 Å². The van der Waals surface area contributed by atoms with Crippen molar-refractivity contribution >= 4 is 11.6 Å². The van der Waals surface area contributed by atoms with E-state index in [0.29, 0.717) is 6.04 Å². The highest BCUT2D eigenvalue weighted by molar-refractivity contribution is 5.50. The van der Waals surface area contributed by atoms with Crippen LogP contribution in [0.2, 0.25) is 0 Å². The van der Waals surface area contributed by atoms with E-state index in [4.69, 9.17) is 0 Å². The largest absolute Gasteiger partial charge is 0.360 e. The molecule has 0 amide bonds. The Morgan fingerprint density at radius 3 is 3.05 bits per heavy atom. The van der Waals surface area contributed by atoms with E-state index in [1.807, 2.05) is 7.05 Å². The number of hydrogen-bond acceptors (Lipinski definition) is 5. The molecule has 1 aliphatic heterocycles. The van der Waals surface area contributed by atoms with Gasteiger partial charge in [0, 0.05) is 38.8 Å². The molecule has 0 radical (unpaired) electrons. The minimum atomic E-state index is 0.570. The molecule has 1 aromatic rings. The van der Waals surface area contributed by atoms with Crippen LogP contribution in [-0.4, -0.2) is 49.7 Å². The van der Waals surface area contributed by atoms with Gasteiger partial charge in [0.15, 0.2) is 0 Å². The Bertz CT molecular complexity index is 395. The van der Waals surface area contributed by atoms with E-state index >= 15 is 0 Å². The molecular weight excluding hydrogens is 238 g/mol. The lowest BCUT2D eigenvalue weighted by atomic mass is 10.1. The SMILES string of the molecule is CCCN(C)c1cc(N2CCCC(NC)C2)ncn1. The Balaban J connectivity index is 2.09. The van der Waals surface area contributed by atoms with Gasteiger partial charge in [-0.1, -0.05) is 6.92 Å². The van der Waals surface area contributed by atoms with Crippen LogP contribution in [0.1, 0.15) is 26.2 Å². The fraction of sp³-hybridized carbons (Fsp3) is 0.714. The third-order valence-corrected chi connectivity index (χ3v) is 3.74. The normalized spacial score (nSPS) is 19.5. The Hall–Kier alpha value is -1.36. The summed E-state index contributed by atoms with van der Waals surface area (Å²) < 4.78 is 0. The number of anilines is 2. The number of aromatic nitrogens is 2. The standard InChI is InChI=1S/C14H25N5/c1-4-7-18(3)13-9-14(17-11-16-13)19-8-5-6-12(10-19)15-2/h9,11-12,15H,4-8,10H2,1-3H3. The second-order valence-corrected chi connectivity index (χ2v) is 5.23. The van der Waals surface area contributed by atoms with Gasteiger partial charge >= 0.3 is 0 Å². The van der Waals surface area contributed by atoms with Crippen LogP contribution in [0, 0.1) is 0 Å². The Labute approximate surface area is 116 Å². The van der Waals surface area contributed by atoms with E-state index in [1.165, 1.54) is 12.8 Å². The van der Waals surface area contributed by atoms with Gasteiger partial charge in [-0.25, -0.2) is 9.97 Å². The monoisotopic (exact) mass is 263 g/mol. The molecule has 1 aromatic heterocycles. The highest BCUT2D eigenvalue weighted by atomic mass is 15.2. The van der Waals surface area contributed by atoms with Crippen molar-refractivity contribution in [2.45, 2.75) is 32.2 Å². The van der Waals surface area contributed by atoms with Crippen LogP contribution in [0.25, 0.3) is 0 Å². The molecule has 1 N–H and O–H groups in total. The zero-order valence-electron chi connectivity index (χ0n) is 12.3. The maximum atomic E-state index is 4.43. The highest BCUT2D eigenvalue weighted by Gasteiger charge is 2.20. The van der Waals surface area contributed by atoms with E-state index in [0.717, 1.165) is 37.7 Å². The fourth-order valence-corrected chi connectivity index (χ4v) is 2.59. The van der Waals surface area contributed by atoms with Gasteiger partial charge in [0.1, 0.15) is 18.0 Å². The highest BCUT2D eigenvalue weighted by Crippen LogP contribution is 2.20. The molecule has 5 heteroatoms. The maximum Gasteiger partial charge on any atom is 0.134 e. The molecule has 5 nitrogen and oxygen atoms in total. The van der Waals surface area contributed by atoms with Crippen LogP contribution in [0.15, 0.2) is 12.4 Å². The van der Waals surface area contributed by atoms with Gasteiger partial charge in [-0.2, -0.15) is 0 Å². The molecule has 1 aliphatic rings. The minimum absolute atomic E-state index is 0.570. The van der Waals surface area contributed by atoms with Crippen molar-refractivity contribution in [2.75, 3.05) is 43.5 Å². The van der Waals surface area contributed by atoms with Gasteiger partial charge in [0.2, 0.25) is 0 Å². The van der Waals surface area contributed by atoms with E-state index in [-0.39, 0.29) is 0 Å². The molecule has 106 valence electrons. The summed E-state index contributed by atoms with van der Waals surface area (Å²) in [6.07, 6.45) is 5.28. The van der Waals surface area contributed by atoms with Gasteiger partial charge < -0.3 is 15.1 Å². The maximum absolute atomic E-state index is 4.43. The fourth-order valence-electron chi connectivity index (χ4n) is 2.59. The summed E-state index contributed by atoms with van der Waals surface area (Å²) in [6, 6.07) is 2.67. The first-order valence-electron chi connectivity index (χ1n) is 7.20. The van der Waals surface area contributed by atoms with Gasteiger partial charge in [-0.3, -0.25) is 0 Å². The van der Waals surface area contributed by atoms with Crippen molar-refractivity contribution in [2.24, 2.45) is 0 Å². The summed E-state index contributed by atoms with van der Waals surface area (Å²) in [5.41, 5.74) is 0. The van der Waals surface area contributed by atoms with E-state index < -0.39 is 0 Å². The topological polar surface area (TPSA) is 44.3 Å². The number of nitrogens with zero attached hydrogens (tertiary/aromatic N) is 4. The molecule has 0 aromatic carbocycles. The van der Waals surface area contributed by atoms with E-state index in [9.17, 15) is 0 Å². The Morgan fingerprint density at radius 2 is 2.32 bits per heavy atom. The third kappa shape index (κ3) is 3.56. The Kier molecular flexibility index (Phi) is 4.96. The molecule has 0 aliphatic carbocycles. The second kappa shape index (κ2) is 6.70. The van der Waals surface area contributed by atoms with Crippen LogP contribution < -0.4 is 15.1 Å². The van der Waals surface area contributed by atoms with Crippen LogP contribution in [-0.2, 0) is 0 Å². The lowest BCUT2D eigenvalue weighted by molar-refractivity contribution is 0.447. The lowest BCUT2D eigenvalue weighted by Crippen LogP contribution is -2.44. The van der Waals surface area contributed by atoms with Crippen LogP contribution >= 0.6 is 0 Å². The smallest absolute Gasteiger partial charge is 0.134 e. The van der Waals surface area contributed by atoms with Gasteiger partial charge in [-0.15, -0.1) is 0 Å². The zero-order valence-corrected chi connectivity index (χ0v) is 12.3. The molecule has 1 atom stereocenters.